The molecule has 6 heteroatoms. The molecule has 3 heterocycles. The molecule has 0 aliphatic carbocycles. The van der Waals surface area contributed by atoms with Gasteiger partial charge in [-0.2, -0.15) is 10.5 Å². The highest BCUT2D eigenvalue weighted by Crippen LogP contribution is 2.42. The fourth-order valence-electron chi connectivity index (χ4n) is 8.94. The smallest absolute Gasteiger partial charge is 0.188 e. The van der Waals surface area contributed by atoms with E-state index in [0.717, 1.165) is 82.8 Å². The van der Waals surface area contributed by atoms with Gasteiger partial charge in [-0.1, -0.05) is 91.0 Å². The Balaban J connectivity index is 1.15. The third-order valence-corrected chi connectivity index (χ3v) is 11.3. The summed E-state index contributed by atoms with van der Waals surface area (Å²) in [5.41, 5.74) is 12.4. The van der Waals surface area contributed by atoms with Crippen LogP contribution in [0, 0.1) is 29.2 Å². The fourth-order valence-corrected chi connectivity index (χ4v) is 8.94. The zero-order valence-electron chi connectivity index (χ0n) is 30.3. The van der Waals surface area contributed by atoms with Crippen molar-refractivity contribution in [2.24, 2.45) is 0 Å². The molecule has 0 saturated heterocycles. The van der Waals surface area contributed by atoms with Gasteiger partial charge in [-0.15, -0.1) is 0 Å². The second kappa shape index (κ2) is 12.3. The minimum Gasteiger partial charge on any atom is -0.309 e. The van der Waals surface area contributed by atoms with Crippen molar-refractivity contribution in [2.75, 3.05) is 0 Å². The Bertz CT molecular complexity index is 3580. The van der Waals surface area contributed by atoms with Crippen LogP contribution in [0.1, 0.15) is 11.1 Å². The summed E-state index contributed by atoms with van der Waals surface area (Å²) < 4.78 is 6.74. The number of aromatic nitrogens is 3. The number of nitriles is 2. The summed E-state index contributed by atoms with van der Waals surface area (Å²) >= 11 is 0. The molecule has 0 spiro atoms. The molecule has 0 aliphatic rings. The normalized spacial score (nSPS) is 11.5. The molecule has 11 aromatic rings. The Morgan fingerprint density at radius 1 is 0.421 bits per heavy atom. The highest BCUT2D eigenvalue weighted by Gasteiger charge is 2.22. The average molecular weight is 725 g/mol. The summed E-state index contributed by atoms with van der Waals surface area (Å²) in [7, 11) is 0. The van der Waals surface area contributed by atoms with E-state index in [4.69, 9.17) is 6.57 Å². The molecule has 6 nitrogen and oxygen atoms in total. The molecule has 8 aromatic carbocycles. The van der Waals surface area contributed by atoms with Crippen LogP contribution >= 0.6 is 0 Å². The van der Waals surface area contributed by atoms with Crippen LogP contribution in [0.2, 0.25) is 0 Å². The number of rotatable bonds is 4. The van der Waals surface area contributed by atoms with Crippen molar-refractivity contribution in [3.63, 3.8) is 0 Å². The van der Waals surface area contributed by atoms with Gasteiger partial charge in [0.25, 0.3) is 0 Å². The molecule has 0 saturated carbocycles. The van der Waals surface area contributed by atoms with Gasteiger partial charge in [0.1, 0.15) is 6.07 Å². The first-order valence-corrected chi connectivity index (χ1v) is 18.7. The number of nitrogens with zero attached hydrogens (tertiary/aromatic N) is 6. The van der Waals surface area contributed by atoms with Crippen LogP contribution in [0.4, 0.5) is 5.69 Å². The molecule has 57 heavy (non-hydrogen) atoms. The van der Waals surface area contributed by atoms with E-state index >= 15 is 0 Å². The van der Waals surface area contributed by atoms with Crippen LogP contribution in [0.3, 0.4) is 0 Å². The Morgan fingerprint density at radius 2 is 0.982 bits per heavy atom. The maximum Gasteiger partial charge on any atom is 0.188 e. The number of hydrogen-bond donors (Lipinski definition) is 0. The van der Waals surface area contributed by atoms with Gasteiger partial charge in [0.15, 0.2) is 5.69 Å². The monoisotopic (exact) mass is 724 g/mol. The van der Waals surface area contributed by atoms with Gasteiger partial charge >= 0.3 is 0 Å². The van der Waals surface area contributed by atoms with Gasteiger partial charge in [-0.05, 0) is 89.8 Å². The van der Waals surface area contributed by atoms with E-state index in [0.29, 0.717) is 16.8 Å². The van der Waals surface area contributed by atoms with Crippen LogP contribution in [-0.2, 0) is 0 Å². The topological polar surface area (TPSA) is 66.7 Å². The molecule has 11 rings (SSSR count). The van der Waals surface area contributed by atoms with E-state index < -0.39 is 0 Å². The Kier molecular flexibility index (Phi) is 6.95. The lowest BCUT2D eigenvalue weighted by atomic mass is 10.00. The fraction of sp³-hybridized carbons (Fsp3) is 0. The van der Waals surface area contributed by atoms with Gasteiger partial charge in [-0.3, -0.25) is 0 Å². The van der Waals surface area contributed by atoms with E-state index in [1.807, 2.05) is 72.8 Å². The third-order valence-electron chi connectivity index (χ3n) is 11.3. The van der Waals surface area contributed by atoms with Crippen LogP contribution in [0.25, 0.3) is 98.5 Å². The summed E-state index contributed by atoms with van der Waals surface area (Å²) in [5, 5.41) is 27.3. The van der Waals surface area contributed by atoms with Crippen LogP contribution in [-0.4, -0.2) is 13.7 Å². The van der Waals surface area contributed by atoms with E-state index in [-0.39, 0.29) is 0 Å². The summed E-state index contributed by atoms with van der Waals surface area (Å²) in [4.78, 5) is 3.70. The Hall–Kier alpha value is -8.37. The molecule has 0 bridgehead atoms. The Labute approximate surface area is 326 Å². The second-order valence-corrected chi connectivity index (χ2v) is 14.2. The number of hydrogen-bond acceptors (Lipinski definition) is 2. The van der Waals surface area contributed by atoms with Gasteiger partial charge in [0.2, 0.25) is 0 Å². The lowest BCUT2D eigenvalue weighted by Crippen LogP contribution is -2.00. The molecule has 0 fully saturated rings. The maximum atomic E-state index is 10.9. The van der Waals surface area contributed by atoms with E-state index in [2.05, 4.69) is 128 Å². The predicted molar refractivity (Wildman–Crippen MR) is 231 cm³/mol. The average Bonchev–Trinajstić information content (AvgIpc) is 3.91. The van der Waals surface area contributed by atoms with Crippen molar-refractivity contribution in [2.45, 2.75) is 0 Å². The minimum atomic E-state index is 0.525. The van der Waals surface area contributed by atoms with Gasteiger partial charge in [-0.25, -0.2) is 4.85 Å². The molecule has 262 valence electrons. The first-order chi connectivity index (χ1) is 28.2. The molecule has 0 N–H and O–H groups in total. The molecular weight excluding hydrogens is 697 g/mol. The van der Waals surface area contributed by atoms with Crippen molar-refractivity contribution in [1.82, 2.24) is 13.7 Å². The largest absolute Gasteiger partial charge is 0.309 e. The van der Waals surface area contributed by atoms with E-state index in [1.165, 1.54) is 10.8 Å². The number of fused-ring (bicyclic) bond motifs is 9. The standard InChI is InChI=1S/C51H28N6/c1-54-35-23-26-47-40(29-35)39-14-5-9-18-46(39)56(47)43-15-6-2-11-36(43)33-22-25-42(34(28-33)31-53)55-48-24-21-32(30-52)27-41(48)51-49(55)19-10-20-50(51)57-44-16-7-3-12-37(44)38-13-4-8-17-45(38)57/h2-29H. The van der Waals surface area contributed by atoms with Crippen molar-refractivity contribution in [3.8, 4) is 40.3 Å². The quantitative estimate of drug-likeness (QED) is 0.170. The third kappa shape index (κ3) is 4.61. The van der Waals surface area contributed by atoms with Crippen LogP contribution in [0.15, 0.2) is 170 Å². The van der Waals surface area contributed by atoms with Crippen molar-refractivity contribution in [3.05, 3.63) is 192 Å². The lowest BCUT2D eigenvalue weighted by molar-refractivity contribution is 1.16. The number of benzene rings is 8. The zero-order valence-corrected chi connectivity index (χ0v) is 30.3. The van der Waals surface area contributed by atoms with Crippen LogP contribution < -0.4 is 0 Å². The van der Waals surface area contributed by atoms with E-state index in [9.17, 15) is 10.5 Å². The molecule has 0 amide bonds. The zero-order chi connectivity index (χ0) is 38.2. The predicted octanol–water partition coefficient (Wildman–Crippen LogP) is 12.9. The Morgan fingerprint density at radius 3 is 1.68 bits per heavy atom. The highest BCUT2D eigenvalue weighted by atomic mass is 15.0. The lowest BCUT2D eigenvalue weighted by Gasteiger charge is -2.16. The first kappa shape index (κ1) is 32.1. The summed E-state index contributed by atoms with van der Waals surface area (Å²) in [6.45, 7) is 7.64. The molecule has 0 radical (unpaired) electrons. The molecule has 0 atom stereocenters. The van der Waals surface area contributed by atoms with Crippen molar-refractivity contribution in [1.29, 1.82) is 10.5 Å². The van der Waals surface area contributed by atoms with Gasteiger partial charge in [0.05, 0.1) is 73.9 Å². The van der Waals surface area contributed by atoms with Crippen LogP contribution in [0.5, 0.6) is 0 Å². The summed E-state index contributed by atoms with van der Waals surface area (Å²) in [6, 6.07) is 62.5. The molecule has 0 aliphatic heterocycles. The maximum absolute atomic E-state index is 10.9. The second-order valence-electron chi connectivity index (χ2n) is 14.2. The van der Waals surface area contributed by atoms with Gasteiger partial charge in [0, 0.05) is 32.5 Å². The first-order valence-electron chi connectivity index (χ1n) is 18.7. The highest BCUT2D eigenvalue weighted by molar-refractivity contribution is 6.17. The molecule has 0 unspecified atom stereocenters. The molecule has 3 aromatic heterocycles. The van der Waals surface area contributed by atoms with E-state index in [1.54, 1.807) is 0 Å². The summed E-state index contributed by atoms with van der Waals surface area (Å²) in [6.07, 6.45) is 0. The van der Waals surface area contributed by atoms with Crippen molar-refractivity contribution >= 4 is 71.1 Å². The van der Waals surface area contributed by atoms with Crippen molar-refractivity contribution < 1.29 is 0 Å². The van der Waals surface area contributed by atoms with Gasteiger partial charge < -0.3 is 13.7 Å². The molecular formula is C51H28N6. The SMILES string of the molecule is [C-]#[N+]c1ccc2c(c1)c1ccccc1n2-c1ccccc1-c1ccc(-n2c3ccc(C#N)cc3c3c(-n4c5ccccc5c5ccccc54)cccc32)c(C#N)c1. The number of para-hydroxylation sites is 4. The summed E-state index contributed by atoms with van der Waals surface area (Å²) in [5.74, 6) is 0. The minimum absolute atomic E-state index is 0.525.